The molecule has 0 aliphatic carbocycles. The number of hydrogen-bond donors (Lipinski definition) is 4. The average molecular weight is 573 g/mol. The first-order valence-electron chi connectivity index (χ1n) is 13.3. The summed E-state index contributed by atoms with van der Waals surface area (Å²) in [6.45, 7) is 11.3. The second-order valence-electron chi connectivity index (χ2n) is 9.40. The number of Topliss-reactive ketones (excluding diaryl/α,β-unsaturated/α-hetero) is 6. The van der Waals surface area contributed by atoms with Gasteiger partial charge in [-0.05, 0) is 81.4 Å². The zero-order valence-electron chi connectivity index (χ0n) is 25.9. The minimum absolute atomic E-state index is 0.0246. The van der Waals surface area contributed by atoms with Gasteiger partial charge in [0.15, 0.2) is 5.78 Å². The molecule has 5 N–H and O–H groups in total. The quantitative estimate of drug-likeness (QED) is 0.185. The van der Waals surface area contributed by atoms with E-state index in [9.17, 15) is 38.4 Å². The molecule has 2 atom stereocenters. The molecule has 12 heteroatoms. The fourth-order valence-electron chi connectivity index (χ4n) is 2.61. The fourth-order valence-corrected chi connectivity index (χ4v) is 2.61. The number of carbonyl (C=O) groups is 8. The summed E-state index contributed by atoms with van der Waals surface area (Å²) in [6, 6.07) is -0.889. The van der Waals surface area contributed by atoms with Crippen LogP contribution in [0.1, 0.15) is 99.8 Å². The maximum absolute atomic E-state index is 11.0. The first-order valence-corrected chi connectivity index (χ1v) is 13.3. The van der Waals surface area contributed by atoms with E-state index in [-0.39, 0.29) is 46.6 Å². The van der Waals surface area contributed by atoms with Crippen molar-refractivity contribution in [1.82, 2.24) is 16.0 Å². The molecular weight excluding hydrogens is 520 g/mol. The lowest BCUT2D eigenvalue weighted by atomic mass is 10.1. The van der Waals surface area contributed by atoms with E-state index in [0.717, 1.165) is 13.0 Å². The van der Waals surface area contributed by atoms with Gasteiger partial charge in [0.1, 0.15) is 28.9 Å². The summed E-state index contributed by atoms with van der Waals surface area (Å²) in [6.07, 6.45) is 4.07. The summed E-state index contributed by atoms with van der Waals surface area (Å²) in [5.74, 6) is -0.224. The summed E-state index contributed by atoms with van der Waals surface area (Å²) in [7, 11) is 3.54. The van der Waals surface area contributed by atoms with Crippen LogP contribution in [-0.2, 0) is 38.4 Å². The summed E-state index contributed by atoms with van der Waals surface area (Å²) in [5, 5.41) is 8.19. The van der Waals surface area contributed by atoms with E-state index in [0.29, 0.717) is 44.9 Å². The van der Waals surface area contributed by atoms with Crippen molar-refractivity contribution in [3.05, 3.63) is 0 Å². The number of ketones is 6. The average Bonchev–Trinajstić information content (AvgIpc) is 2.81. The molecule has 0 aliphatic heterocycles. The fraction of sp³-hybridized carbons (Fsp3) is 0.714. The summed E-state index contributed by atoms with van der Waals surface area (Å²) >= 11 is 0. The molecule has 0 radical (unpaired) electrons. The van der Waals surface area contributed by atoms with E-state index in [1.807, 2.05) is 7.05 Å². The lowest BCUT2D eigenvalue weighted by molar-refractivity contribution is -0.126. The predicted octanol–water partition coefficient (Wildman–Crippen LogP) is 1.40. The molecule has 2 unspecified atom stereocenters. The molecule has 0 saturated heterocycles. The Labute approximate surface area is 239 Å². The Morgan fingerprint density at radius 3 is 1.20 bits per heavy atom. The molecule has 40 heavy (non-hydrogen) atoms. The molecule has 0 bridgehead atoms. The Balaban J connectivity index is -0.000000221. The standard InChI is InChI=1S/C9H15NO3.C7H14N2O2.C6H13NO.C6H10O2/c1-6(11)4-5-9(7(2)12)10-8(3)13;1-5(10)3-4-6(9-2)7(8)11;1-6(8)4-3-5-7-2;1-5(7)3-4-6(2)8/h9H,4-5H2,1-3H3,(H,10,13);6,9H,3-4H2,1-2H3,(H2,8,11);7H,3-5H2,1-2H3;3-4H2,1-2H3. The Kier molecular flexibility index (Phi) is 31.7. The van der Waals surface area contributed by atoms with Gasteiger partial charge in [0, 0.05) is 39.0 Å². The van der Waals surface area contributed by atoms with Crippen LogP contribution in [-0.4, -0.2) is 79.2 Å². The highest BCUT2D eigenvalue weighted by molar-refractivity contribution is 5.87. The molecule has 0 fully saturated rings. The normalized spacial score (nSPS) is 10.9. The number of primary amides is 1. The number of likely N-dealkylation sites (N-methyl/N-ethyl adjacent to an activating group) is 1. The van der Waals surface area contributed by atoms with Crippen molar-refractivity contribution in [3.8, 4) is 0 Å². The van der Waals surface area contributed by atoms with Gasteiger partial charge in [-0.25, -0.2) is 0 Å². The van der Waals surface area contributed by atoms with Gasteiger partial charge in [0.2, 0.25) is 11.8 Å². The van der Waals surface area contributed by atoms with Gasteiger partial charge in [-0.15, -0.1) is 0 Å². The molecule has 0 aliphatic rings. The monoisotopic (exact) mass is 572 g/mol. The molecule has 0 aromatic rings. The molecule has 0 spiro atoms. The number of hydrogen-bond acceptors (Lipinski definition) is 10. The largest absolute Gasteiger partial charge is 0.368 e. The molecule has 232 valence electrons. The second-order valence-corrected chi connectivity index (χ2v) is 9.40. The number of nitrogens with one attached hydrogen (secondary N) is 3. The van der Waals surface area contributed by atoms with Crippen LogP contribution in [0.2, 0.25) is 0 Å². The number of carbonyl (C=O) groups excluding carboxylic acids is 8. The van der Waals surface area contributed by atoms with Crippen LogP contribution in [0.25, 0.3) is 0 Å². The molecule has 0 saturated carbocycles. The zero-order valence-corrected chi connectivity index (χ0v) is 25.9. The van der Waals surface area contributed by atoms with E-state index in [1.165, 1.54) is 41.5 Å². The van der Waals surface area contributed by atoms with Gasteiger partial charge in [-0.1, -0.05) is 0 Å². The molecule has 2 amide bonds. The third-order valence-electron chi connectivity index (χ3n) is 4.92. The Hall–Kier alpha value is -3.12. The summed E-state index contributed by atoms with van der Waals surface area (Å²) in [5.41, 5.74) is 5.02. The number of amides is 2. The van der Waals surface area contributed by atoms with E-state index in [1.54, 1.807) is 14.0 Å². The maximum atomic E-state index is 11.0. The molecular formula is C28H52N4O8. The Bertz CT molecular complexity index is 798. The van der Waals surface area contributed by atoms with Gasteiger partial charge in [0.25, 0.3) is 0 Å². The van der Waals surface area contributed by atoms with Crippen molar-refractivity contribution < 1.29 is 38.4 Å². The second kappa shape index (κ2) is 28.9. The molecule has 0 aromatic heterocycles. The Morgan fingerprint density at radius 2 is 0.950 bits per heavy atom. The van der Waals surface area contributed by atoms with Crippen molar-refractivity contribution in [1.29, 1.82) is 0 Å². The third kappa shape index (κ3) is 42.0. The topological polar surface area (TPSA) is 199 Å². The van der Waals surface area contributed by atoms with E-state index in [4.69, 9.17) is 5.73 Å². The van der Waals surface area contributed by atoms with Gasteiger partial charge >= 0.3 is 0 Å². The van der Waals surface area contributed by atoms with Gasteiger partial charge in [-0.3, -0.25) is 14.4 Å². The van der Waals surface area contributed by atoms with Gasteiger partial charge < -0.3 is 45.7 Å². The lowest BCUT2D eigenvalue weighted by Gasteiger charge is -2.13. The highest BCUT2D eigenvalue weighted by Crippen LogP contribution is 1.99. The number of rotatable bonds is 17. The van der Waals surface area contributed by atoms with Crippen LogP contribution >= 0.6 is 0 Å². The van der Waals surface area contributed by atoms with Crippen LogP contribution in [0.15, 0.2) is 0 Å². The molecule has 0 aromatic carbocycles. The third-order valence-corrected chi connectivity index (χ3v) is 4.92. The van der Waals surface area contributed by atoms with Crippen LogP contribution in [0.4, 0.5) is 0 Å². The Morgan fingerprint density at radius 1 is 0.575 bits per heavy atom. The van der Waals surface area contributed by atoms with Crippen molar-refractivity contribution in [2.24, 2.45) is 5.73 Å². The van der Waals surface area contributed by atoms with Gasteiger partial charge in [-0.2, -0.15) is 0 Å². The van der Waals surface area contributed by atoms with Crippen molar-refractivity contribution >= 4 is 46.5 Å². The zero-order chi connectivity index (χ0) is 32.3. The minimum atomic E-state index is -0.513. The first-order chi connectivity index (χ1) is 18.4. The highest BCUT2D eigenvalue weighted by Gasteiger charge is 2.15. The molecule has 0 heterocycles. The first kappa shape index (κ1) is 43.9. The number of nitrogens with two attached hydrogens (primary N) is 1. The van der Waals surface area contributed by atoms with E-state index < -0.39 is 11.9 Å². The lowest BCUT2D eigenvalue weighted by Crippen LogP contribution is -2.39. The van der Waals surface area contributed by atoms with Crippen molar-refractivity contribution in [3.63, 3.8) is 0 Å². The van der Waals surface area contributed by atoms with Crippen LogP contribution < -0.4 is 21.7 Å². The predicted molar refractivity (Wildman–Crippen MR) is 155 cm³/mol. The van der Waals surface area contributed by atoms with Crippen LogP contribution in [0.3, 0.4) is 0 Å². The highest BCUT2D eigenvalue weighted by atomic mass is 16.2. The SMILES string of the molecule is CC(=O)CCC(C)=O.CC(=O)CCC(NC(C)=O)C(C)=O.CNC(CCC(C)=O)C(N)=O.CNCCCC(C)=O. The van der Waals surface area contributed by atoms with E-state index in [2.05, 4.69) is 16.0 Å². The minimum Gasteiger partial charge on any atom is -0.368 e. The van der Waals surface area contributed by atoms with Crippen molar-refractivity contribution in [2.45, 2.75) is 112 Å². The summed E-state index contributed by atoms with van der Waals surface area (Å²) < 4.78 is 0. The van der Waals surface area contributed by atoms with Crippen LogP contribution in [0.5, 0.6) is 0 Å². The molecule has 0 rings (SSSR count). The van der Waals surface area contributed by atoms with Crippen molar-refractivity contribution in [2.75, 3.05) is 20.6 Å². The van der Waals surface area contributed by atoms with Crippen LogP contribution in [0, 0.1) is 0 Å². The van der Waals surface area contributed by atoms with E-state index >= 15 is 0 Å². The summed E-state index contributed by atoms with van der Waals surface area (Å²) in [4.78, 5) is 84.0. The smallest absolute Gasteiger partial charge is 0.234 e. The molecule has 12 nitrogen and oxygen atoms in total. The maximum Gasteiger partial charge on any atom is 0.234 e. The van der Waals surface area contributed by atoms with Gasteiger partial charge in [0.05, 0.1) is 12.1 Å².